The fourth-order valence-corrected chi connectivity index (χ4v) is 7.08. The van der Waals surface area contributed by atoms with Gasteiger partial charge in [0.2, 0.25) is 5.78 Å². The van der Waals surface area contributed by atoms with Crippen LogP contribution in [0.2, 0.25) is 0 Å². The van der Waals surface area contributed by atoms with Crippen LogP contribution in [-0.4, -0.2) is 16.9 Å². The highest BCUT2D eigenvalue weighted by atomic mass is 16.4. The van der Waals surface area contributed by atoms with Gasteiger partial charge in [0.1, 0.15) is 0 Å². The number of carbonyl (C=O) groups excluding carboxylic acids is 1. The van der Waals surface area contributed by atoms with Crippen molar-refractivity contribution >= 4 is 17.4 Å². The van der Waals surface area contributed by atoms with Gasteiger partial charge in [0.25, 0.3) is 0 Å². The summed E-state index contributed by atoms with van der Waals surface area (Å²) in [5, 5.41) is 13.5. The molecule has 0 saturated heterocycles. The quantitative estimate of drug-likeness (QED) is 0.491. The molecule has 0 amide bonds. The van der Waals surface area contributed by atoms with E-state index in [9.17, 15) is 14.7 Å². The second kappa shape index (κ2) is 6.83. The molecule has 2 fully saturated rings. The number of Topliss-reactive ketones (excluding diaryl/α,β-unsaturated/α-hetero) is 1. The lowest BCUT2D eigenvalue weighted by atomic mass is 9.45. The summed E-state index contributed by atoms with van der Waals surface area (Å²) in [7, 11) is 0. The number of carboxylic acids is 1. The molecule has 0 aromatic heterocycles. The monoisotopic (exact) mass is 405 g/mol. The van der Waals surface area contributed by atoms with Crippen molar-refractivity contribution < 1.29 is 14.7 Å². The van der Waals surface area contributed by atoms with Gasteiger partial charge in [0.05, 0.1) is 11.1 Å². The molecular formula is C26H31NO3. The first-order chi connectivity index (χ1) is 14.3. The zero-order chi connectivity index (χ0) is 21.1. The molecule has 0 bridgehead atoms. The smallest absolute Gasteiger partial charge is 0.309 e. The standard InChI is InChI=1S/C26H31NO3/c1-25-13-6-5-7-16(25)10-11-17-19(25)12-14-26(2,24(29)30)20(17)15-22-23(28)18-8-3-4-9-21(18)27-22/h3-6,8-9,15-17,19-20,27H,7,10-14H2,1-2H3,(H,29,30). The molecule has 0 radical (unpaired) electrons. The van der Waals surface area contributed by atoms with E-state index in [1.165, 1.54) is 0 Å². The van der Waals surface area contributed by atoms with Crippen molar-refractivity contribution in [2.45, 2.75) is 52.4 Å². The number of carboxylic acid groups (broad SMARTS) is 1. The number of benzene rings is 1. The van der Waals surface area contributed by atoms with E-state index >= 15 is 0 Å². The van der Waals surface area contributed by atoms with E-state index in [-0.39, 0.29) is 17.1 Å². The predicted octanol–water partition coefficient (Wildman–Crippen LogP) is 5.68. The summed E-state index contributed by atoms with van der Waals surface area (Å²) in [5.41, 5.74) is 1.47. The number of anilines is 1. The van der Waals surface area contributed by atoms with E-state index in [1.54, 1.807) is 0 Å². The molecule has 5 rings (SSSR count). The van der Waals surface area contributed by atoms with Gasteiger partial charge in [-0.1, -0.05) is 37.3 Å². The van der Waals surface area contributed by atoms with Gasteiger partial charge < -0.3 is 10.4 Å². The first kappa shape index (κ1) is 19.6. The van der Waals surface area contributed by atoms with E-state index in [0.29, 0.717) is 35.4 Å². The zero-order valence-corrected chi connectivity index (χ0v) is 17.9. The van der Waals surface area contributed by atoms with E-state index in [0.717, 1.165) is 37.8 Å². The molecule has 0 spiro atoms. The Hall–Kier alpha value is -2.36. The molecule has 1 aromatic carbocycles. The topological polar surface area (TPSA) is 66.4 Å². The molecule has 4 heteroatoms. The predicted molar refractivity (Wildman–Crippen MR) is 117 cm³/mol. The third-order valence-electron chi connectivity index (χ3n) is 8.98. The number of ketones is 1. The molecule has 2 N–H and O–H groups in total. The molecule has 4 nitrogen and oxygen atoms in total. The maximum absolute atomic E-state index is 13.0. The normalized spacial score (nSPS) is 41.0. The number of fused-ring (bicyclic) bond motifs is 4. The van der Waals surface area contributed by atoms with Gasteiger partial charge in [0.15, 0.2) is 0 Å². The Kier molecular flexibility index (Phi) is 4.46. The Labute approximate surface area is 178 Å². The molecule has 30 heavy (non-hydrogen) atoms. The number of aliphatic carboxylic acids is 1. The third-order valence-corrected chi connectivity index (χ3v) is 8.98. The number of hydrogen-bond donors (Lipinski definition) is 2. The highest BCUT2D eigenvalue weighted by Crippen LogP contribution is 2.62. The van der Waals surface area contributed by atoms with Crippen molar-refractivity contribution in [2.24, 2.45) is 34.5 Å². The summed E-state index contributed by atoms with van der Waals surface area (Å²) >= 11 is 0. The van der Waals surface area contributed by atoms with Crippen molar-refractivity contribution in [1.29, 1.82) is 0 Å². The molecule has 3 aliphatic carbocycles. The zero-order valence-electron chi connectivity index (χ0n) is 17.9. The Morgan fingerprint density at radius 1 is 1.17 bits per heavy atom. The Morgan fingerprint density at radius 3 is 2.73 bits per heavy atom. The fourth-order valence-electron chi connectivity index (χ4n) is 7.08. The highest BCUT2D eigenvalue weighted by Gasteiger charge is 2.57. The molecule has 1 heterocycles. The molecular weight excluding hydrogens is 374 g/mol. The lowest BCUT2D eigenvalue weighted by Gasteiger charge is -2.59. The largest absolute Gasteiger partial charge is 0.481 e. The molecule has 4 aliphatic rings. The molecule has 2 saturated carbocycles. The van der Waals surface area contributed by atoms with Crippen LogP contribution in [0.15, 0.2) is 48.2 Å². The summed E-state index contributed by atoms with van der Waals surface area (Å²) in [6, 6.07) is 7.54. The van der Waals surface area contributed by atoms with Crippen LogP contribution in [0.25, 0.3) is 0 Å². The van der Waals surface area contributed by atoms with Crippen LogP contribution in [0.1, 0.15) is 62.7 Å². The Morgan fingerprint density at radius 2 is 1.97 bits per heavy atom. The second-order valence-electron chi connectivity index (χ2n) is 10.3. The van der Waals surface area contributed by atoms with Crippen molar-refractivity contribution in [3.63, 3.8) is 0 Å². The number of para-hydroxylation sites is 1. The first-order valence-electron chi connectivity index (χ1n) is 11.4. The van der Waals surface area contributed by atoms with Crippen LogP contribution in [0, 0.1) is 34.5 Å². The van der Waals surface area contributed by atoms with Crippen molar-refractivity contribution in [3.05, 3.63) is 53.8 Å². The minimum Gasteiger partial charge on any atom is -0.481 e. The van der Waals surface area contributed by atoms with Crippen LogP contribution in [0.5, 0.6) is 0 Å². The molecule has 1 aromatic rings. The summed E-state index contributed by atoms with van der Waals surface area (Å²) in [6.07, 6.45) is 12.7. The number of nitrogens with one attached hydrogen (secondary N) is 1. The summed E-state index contributed by atoms with van der Waals surface area (Å²) in [6.45, 7) is 4.33. The van der Waals surface area contributed by atoms with Crippen LogP contribution in [0.3, 0.4) is 0 Å². The minimum absolute atomic E-state index is 0.0130. The molecule has 1 aliphatic heterocycles. The van der Waals surface area contributed by atoms with Crippen LogP contribution >= 0.6 is 0 Å². The lowest BCUT2D eigenvalue weighted by Crippen LogP contribution is -2.54. The molecule has 6 atom stereocenters. The van der Waals surface area contributed by atoms with E-state index in [2.05, 4.69) is 24.4 Å². The highest BCUT2D eigenvalue weighted by molar-refractivity contribution is 6.18. The summed E-state index contributed by atoms with van der Waals surface area (Å²) in [5.74, 6) is 0.621. The van der Waals surface area contributed by atoms with Gasteiger partial charge in [0, 0.05) is 11.3 Å². The first-order valence-corrected chi connectivity index (χ1v) is 11.4. The van der Waals surface area contributed by atoms with Gasteiger partial charge >= 0.3 is 5.97 Å². The minimum atomic E-state index is -0.835. The number of carbonyl (C=O) groups is 2. The Bertz CT molecular complexity index is 963. The van der Waals surface area contributed by atoms with Gasteiger partial charge in [-0.05, 0) is 86.7 Å². The van der Waals surface area contributed by atoms with Crippen LogP contribution in [-0.2, 0) is 4.79 Å². The van der Waals surface area contributed by atoms with E-state index in [4.69, 9.17) is 0 Å². The second-order valence-corrected chi connectivity index (χ2v) is 10.3. The number of rotatable bonds is 2. The van der Waals surface area contributed by atoms with Crippen molar-refractivity contribution in [3.8, 4) is 0 Å². The summed E-state index contributed by atoms with van der Waals surface area (Å²) in [4.78, 5) is 25.5. The molecule has 6 unspecified atom stereocenters. The maximum Gasteiger partial charge on any atom is 0.309 e. The van der Waals surface area contributed by atoms with Crippen LogP contribution < -0.4 is 5.32 Å². The van der Waals surface area contributed by atoms with Crippen molar-refractivity contribution in [2.75, 3.05) is 5.32 Å². The maximum atomic E-state index is 13.0. The van der Waals surface area contributed by atoms with Crippen LogP contribution in [0.4, 0.5) is 5.69 Å². The van der Waals surface area contributed by atoms with Gasteiger partial charge in [-0.3, -0.25) is 9.59 Å². The number of hydrogen-bond acceptors (Lipinski definition) is 3. The Balaban J connectivity index is 1.55. The average Bonchev–Trinajstić information content (AvgIpc) is 3.05. The fraction of sp³-hybridized carbons (Fsp3) is 0.538. The SMILES string of the molecule is CC1(C(=O)O)CCC2C(CCC3CC=CCC32C)C1C=C1Nc2ccccc2C1=O. The molecule has 158 valence electrons. The van der Waals surface area contributed by atoms with Gasteiger partial charge in [-0.25, -0.2) is 0 Å². The van der Waals surface area contributed by atoms with E-state index < -0.39 is 11.4 Å². The third kappa shape index (κ3) is 2.72. The van der Waals surface area contributed by atoms with Gasteiger partial charge in [-0.15, -0.1) is 0 Å². The lowest BCUT2D eigenvalue weighted by molar-refractivity contribution is -0.161. The van der Waals surface area contributed by atoms with Crippen molar-refractivity contribution in [1.82, 2.24) is 0 Å². The average molecular weight is 406 g/mol. The van der Waals surface area contributed by atoms with Gasteiger partial charge in [-0.2, -0.15) is 0 Å². The number of allylic oxidation sites excluding steroid dienone is 4. The van der Waals surface area contributed by atoms with E-state index in [1.807, 2.05) is 37.3 Å². The summed E-state index contributed by atoms with van der Waals surface area (Å²) < 4.78 is 0.